The molecule has 0 radical (unpaired) electrons. The van der Waals surface area contributed by atoms with Gasteiger partial charge in [-0.1, -0.05) is 0 Å². The van der Waals surface area contributed by atoms with Crippen LogP contribution < -0.4 is 15.8 Å². The number of pyridine rings is 1. The third kappa shape index (κ3) is 4.66. The van der Waals surface area contributed by atoms with E-state index in [9.17, 15) is 18.0 Å². The van der Waals surface area contributed by atoms with Crippen LogP contribution in [0.25, 0.3) is 0 Å². The zero-order valence-electron chi connectivity index (χ0n) is 17.5. The first-order valence-electron chi connectivity index (χ1n) is 9.85. The second-order valence-corrected chi connectivity index (χ2v) is 9.00. The minimum Gasteiger partial charge on any atom is -0.415 e. The number of halogens is 3. The molecular weight excluding hydrogens is 463 g/mol. The van der Waals surface area contributed by atoms with Crippen LogP contribution in [0.15, 0.2) is 33.9 Å². The molecule has 4 rings (SSSR count). The minimum absolute atomic E-state index is 0.00712. The van der Waals surface area contributed by atoms with Gasteiger partial charge in [-0.3, -0.25) is 14.0 Å². The first-order chi connectivity index (χ1) is 15.7. The fourth-order valence-corrected chi connectivity index (χ4v) is 5.41. The van der Waals surface area contributed by atoms with Crippen molar-refractivity contribution in [2.24, 2.45) is 15.1 Å². The van der Waals surface area contributed by atoms with Gasteiger partial charge in [0.15, 0.2) is 0 Å². The summed E-state index contributed by atoms with van der Waals surface area (Å²) in [7, 11) is -0.832. The zero-order chi connectivity index (χ0) is 23.8. The van der Waals surface area contributed by atoms with E-state index in [0.29, 0.717) is 13.0 Å². The molecule has 176 valence electrons. The highest BCUT2D eigenvalue weighted by atomic mass is 32.2. The fourth-order valence-electron chi connectivity index (χ4n) is 3.49. The van der Waals surface area contributed by atoms with Crippen LogP contribution >= 0.6 is 0 Å². The van der Waals surface area contributed by atoms with E-state index in [1.165, 1.54) is 12.1 Å². The fraction of sp³-hybridized carbons (Fsp3) is 0.421. The lowest BCUT2D eigenvalue weighted by molar-refractivity contribution is -0.0531. The second kappa shape index (κ2) is 9.02. The molecule has 2 aromatic rings. The number of amidine groups is 1. The number of carbonyl (C=O) groups excluding carboxylic acids is 1. The summed E-state index contributed by atoms with van der Waals surface area (Å²) >= 11 is 0. The monoisotopic (exact) mass is 483 g/mol. The number of hydrogen-bond acceptors (Lipinski definition) is 9. The lowest BCUT2D eigenvalue weighted by Crippen LogP contribution is -2.38. The molecule has 33 heavy (non-hydrogen) atoms. The van der Waals surface area contributed by atoms with Crippen molar-refractivity contribution < 1.29 is 26.9 Å². The lowest BCUT2D eigenvalue weighted by atomic mass is 9.90. The third-order valence-corrected chi connectivity index (χ3v) is 7.24. The molecule has 3 N–H and O–H groups in total. The number of ether oxygens (including phenoxy) is 1. The Kier molecular flexibility index (Phi) is 6.30. The Hall–Kier alpha value is -3.13. The number of nitrogens with two attached hydrogens (primary N) is 1. The summed E-state index contributed by atoms with van der Waals surface area (Å²) in [5.74, 6) is -1.54. The van der Waals surface area contributed by atoms with E-state index in [4.69, 9.17) is 9.92 Å². The van der Waals surface area contributed by atoms with Crippen LogP contribution in [-0.4, -0.2) is 51.2 Å². The van der Waals surface area contributed by atoms with E-state index in [1.54, 1.807) is 13.8 Å². The molecule has 1 amide bonds. The van der Waals surface area contributed by atoms with E-state index in [0.717, 1.165) is 12.4 Å². The Morgan fingerprint density at radius 1 is 1.36 bits per heavy atom. The maximum Gasteiger partial charge on any atom is 0.388 e. The smallest absolute Gasteiger partial charge is 0.388 e. The van der Waals surface area contributed by atoms with Gasteiger partial charge in [0.05, 0.1) is 17.6 Å². The summed E-state index contributed by atoms with van der Waals surface area (Å²) in [5.41, 5.74) is 4.72. The summed E-state index contributed by atoms with van der Waals surface area (Å²) in [6, 6.07) is 2.45. The lowest BCUT2D eigenvalue weighted by Gasteiger charge is -2.30. The Balaban J connectivity index is 1.62. The van der Waals surface area contributed by atoms with Gasteiger partial charge in [-0.2, -0.15) is 8.78 Å². The molecular formula is C19H20F3N7O3S. The van der Waals surface area contributed by atoms with Crippen LogP contribution in [0, 0.1) is 5.82 Å². The van der Waals surface area contributed by atoms with Gasteiger partial charge in [0.1, 0.15) is 40.5 Å². The van der Waals surface area contributed by atoms with Crippen molar-refractivity contribution >= 4 is 28.5 Å². The van der Waals surface area contributed by atoms with E-state index in [-0.39, 0.29) is 28.3 Å². The molecule has 14 heteroatoms. The maximum atomic E-state index is 15.0. The number of nitrogens with one attached hydrogen (secondary N) is 1. The molecule has 0 aliphatic carbocycles. The molecule has 0 aromatic carbocycles. The number of aliphatic imine (C=N–C) groups is 1. The number of aromatic nitrogens is 3. The zero-order valence-corrected chi connectivity index (χ0v) is 18.4. The van der Waals surface area contributed by atoms with Crippen LogP contribution in [0.3, 0.4) is 0 Å². The van der Waals surface area contributed by atoms with Crippen LogP contribution in [-0.2, 0) is 20.7 Å². The summed E-state index contributed by atoms with van der Waals surface area (Å²) < 4.78 is 53.9. The van der Waals surface area contributed by atoms with Gasteiger partial charge in [-0.15, -0.1) is 0 Å². The largest absolute Gasteiger partial charge is 0.415 e. The highest BCUT2D eigenvalue weighted by Crippen LogP contribution is 2.40. The quantitative estimate of drug-likeness (QED) is 0.666. The molecule has 0 fully saturated rings. The van der Waals surface area contributed by atoms with Gasteiger partial charge < -0.3 is 15.8 Å². The summed E-state index contributed by atoms with van der Waals surface area (Å²) in [6.45, 7) is 0.954. The summed E-state index contributed by atoms with van der Waals surface area (Å²) in [5, 5.41) is 2.22. The number of alkyl halides is 2. The predicted molar refractivity (Wildman–Crippen MR) is 113 cm³/mol. The number of amides is 1. The third-order valence-electron chi connectivity index (χ3n) is 5.14. The van der Waals surface area contributed by atoms with Gasteiger partial charge >= 0.3 is 6.61 Å². The normalized spacial score (nSPS) is 26.7. The minimum atomic E-state index is -3.07. The predicted octanol–water partition coefficient (Wildman–Crippen LogP) is 2.34. The molecule has 0 bridgehead atoms. The van der Waals surface area contributed by atoms with Crippen molar-refractivity contribution in [3.8, 4) is 5.88 Å². The Morgan fingerprint density at radius 3 is 2.85 bits per heavy atom. The molecule has 4 atom stereocenters. The van der Waals surface area contributed by atoms with Crippen LogP contribution in [0.5, 0.6) is 5.88 Å². The van der Waals surface area contributed by atoms with Crippen molar-refractivity contribution in [1.82, 2.24) is 15.0 Å². The van der Waals surface area contributed by atoms with Crippen molar-refractivity contribution in [2.75, 3.05) is 11.9 Å². The summed E-state index contributed by atoms with van der Waals surface area (Å²) in [6.07, 6.45) is 1.99. The molecule has 4 heterocycles. The van der Waals surface area contributed by atoms with Crippen molar-refractivity contribution in [2.45, 2.75) is 43.8 Å². The Labute approximate surface area is 189 Å². The number of anilines is 1. The van der Waals surface area contributed by atoms with Crippen LogP contribution in [0.4, 0.5) is 19.0 Å². The van der Waals surface area contributed by atoms with Crippen LogP contribution in [0.2, 0.25) is 0 Å². The summed E-state index contributed by atoms with van der Waals surface area (Å²) in [4.78, 5) is 28.8. The molecule has 0 saturated heterocycles. The molecule has 0 saturated carbocycles. The maximum absolute atomic E-state index is 15.0. The van der Waals surface area contributed by atoms with E-state index >= 15 is 0 Å². The average Bonchev–Trinajstić information content (AvgIpc) is 3.20. The van der Waals surface area contributed by atoms with Crippen molar-refractivity contribution in [1.29, 1.82) is 0 Å². The van der Waals surface area contributed by atoms with Gasteiger partial charge in [-0.05, 0) is 32.4 Å². The molecule has 2 unspecified atom stereocenters. The first-order valence-corrected chi connectivity index (χ1v) is 11.0. The second-order valence-electron chi connectivity index (χ2n) is 7.43. The molecule has 2 aliphatic heterocycles. The number of hydrogen-bond donors (Lipinski definition) is 2. The van der Waals surface area contributed by atoms with Gasteiger partial charge in [0.2, 0.25) is 5.88 Å². The standard InChI is InChI=1S/C19H20F3N7O3S/c1-9-16(23)29-19(2,12-5-6-26-33(12)32-9)15-10(20)3-4-13(27-15)28-17(30)11-7-25-14(8-24-11)31-18(21)22/h3-4,7-9,12,18H,5-6H2,1-2H3,(H2,23,29)(H,27,28,30)/t9?,12-,19+,33?/m1/s1. The number of rotatable bonds is 5. The van der Waals surface area contributed by atoms with Crippen molar-refractivity contribution in [3.63, 3.8) is 0 Å². The Bertz CT molecular complexity index is 1130. The topological polar surface area (TPSA) is 137 Å². The SMILES string of the molecule is CC1OS2=NCC[C@@H]2[C@@](C)(c2nc(NC(=O)c3cnc(OC(F)F)cn3)ccc2F)N=C1N. The van der Waals surface area contributed by atoms with Crippen molar-refractivity contribution in [3.05, 3.63) is 41.7 Å². The highest BCUT2D eigenvalue weighted by molar-refractivity contribution is 7.83. The number of fused-ring (bicyclic) bond motifs is 1. The van der Waals surface area contributed by atoms with E-state index in [1.807, 2.05) is 0 Å². The molecule has 2 aliphatic rings. The van der Waals surface area contributed by atoms with Gasteiger partial charge in [0, 0.05) is 17.5 Å². The molecule has 10 nitrogen and oxygen atoms in total. The first kappa shape index (κ1) is 23.0. The van der Waals surface area contributed by atoms with E-state index < -0.39 is 46.8 Å². The van der Waals surface area contributed by atoms with Gasteiger partial charge in [0.25, 0.3) is 5.91 Å². The number of nitrogens with zero attached hydrogens (tertiary/aromatic N) is 5. The van der Waals surface area contributed by atoms with Crippen LogP contribution in [0.1, 0.15) is 36.5 Å². The number of carbonyl (C=O) groups is 1. The highest BCUT2D eigenvalue weighted by Gasteiger charge is 2.47. The average molecular weight is 483 g/mol. The molecule has 2 aromatic heterocycles. The Morgan fingerprint density at radius 2 is 2.15 bits per heavy atom. The molecule has 0 spiro atoms. The van der Waals surface area contributed by atoms with E-state index in [2.05, 4.69) is 34.4 Å². The van der Waals surface area contributed by atoms with Gasteiger partial charge in [-0.25, -0.2) is 23.7 Å².